The maximum Gasteiger partial charge on any atom is 0.316 e. The number of para-hydroxylation sites is 1. The van der Waals surface area contributed by atoms with Crippen molar-refractivity contribution in [2.45, 2.75) is 6.92 Å². The Bertz CT molecular complexity index is 393. The van der Waals surface area contributed by atoms with Crippen molar-refractivity contribution in [3.05, 3.63) is 29.8 Å². The number of benzene rings is 1. The molecule has 4 nitrogen and oxygen atoms in total. The highest BCUT2D eigenvalue weighted by Gasteiger charge is 2.12. The number of thioether (sulfide) groups is 1. The maximum atomic E-state index is 11.6. The predicted octanol–water partition coefficient (Wildman–Crippen LogP) is 1.71. The van der Waals surface area contributed by atoms with E-state index in [1.54, 1.807) is 31.2 Å². The monoisotopic (exact) mass is 239 g/mol. The highest BCUT2D eigenvalue weighted by atomic mass is 32.2. The molecule has 2 N–H and O–H groups in total. The van der Waals surface area contributed by atoms with Crippen LogP contribution in [0.5, 0.6) is 0 Å². The highest BCUT2D eigenvalue weighted by molar-refractivity contribution is 8.14. The predicted molar refractivity (Wildman–Crippen MR) is 64.3 cm³/mol. The van der Waals surface area contributed by atoms with Crippen LogP contribution in [0, 0.1) is 0 Å². The second-order valence-corrected chi connectivity index (χ2v) is 3.92. The van der Waals surface area contributed by atoms with Crippen molar-refractivity contribution in [1.82, 2.24) is 0 Å². The molecular weight excluding hydrogens is 226 g/mol. The molecule has 0 radical (unpaired) electrons. The molecule has 0 bridgehead atoms. The Morgan fingerprint density at radius 3 is 2.69 bits per heavy atom. The van der Waals surface area contributed by atoms with Crippen LogP contribution in [0.15, 0.2) is 24.3 Å². The second-order valence-electron chi connectivity index (χ2n) is 2.97. The minimum atomic E-state index is -0.393. The number of rotatable bonds is 4. The number of anilines is 1. The molecular formula is C11H13NO3S. The van der Waals surface area contributed by atoms with Crippen molar-refractivity contribution in [1.29, 1.82) is 0 Å². The van der Waals surface area contributed by atoms with Crippen LogP contribution < -0.4 is 5.73 Å². The Labute approximate surface area is 98.2 Å². The Kier molecular flexibility index (Phi) is 4.85. The standard InChI is InChI=1S/C11H13NO3S/c1-2-15-10(13)7-16-11(14)8-5-3-4-6-9(8)12/h3-6H,2,7,12H2,1H3. The van der Waals surface area contributed by atoms with Gasteiger partial charge in [-0.2, -0.15) is 0 Å². The maximum absolute atomic E-state index is 11.6. The van der Waals surface area contributed by atoms with Crippen LogP contribution in [0.1, 0.15) is 17.3 Å². The number of esters is 1. The molecule has 86 valence electrons. The summed E-state index contributed by atoms with van der Waals surface area (Å²) in [4.78, 5) is 22.7. The highest BCUT2D eigenvalue weighted by Crippen LogP contribution is 2.18. The molecule has 0 unspecified atom stereocenters. The van der Waals surface area contributed by atoms with E-state index in [9.17, 15) is 9.59 Å². The lowest BCUT2D eigenvalue weighted by atomic mass is 10.2. The average Bonchev–Trinajstić information content (AvgIpc) is 2.27. The smallest absolute Gasteiger partial charge is 0.316 e. The Morgan fingerprint density at radius 2 is 2.06 bits per heavy atom. The van der Waals surface area contributed by atoms with Crippen LogP contribution in [-0.2, 0) is 9.53 Å². The molecule has 0 heterocycles. The van der Waals surface area contributed by atoms with Gasteiger partial charge in [-0.1, -0.05) is 23.9 Å². The van der Waals surface area contributed by atoms with Gasteiger partial charge >= 0.3 is 5.97 Å². The van der Waals surface area contributed by atoms with Gasteiger partial charge in [0.05, 0.1) is 17.9 Å². The van der Waals surface area contributed by atoms with Crippen LogP contribution in [0.3, 0.4) is 0 Å². The van der Waals surface area contributed by atoms with Crippen molar-refractivity contribution in [3.8, 4) is 0 Å². The van der Waals surface area contributed by atoms with E-state index in [0.29, 0.717) is 17.9 Å². The molecule has 0 saturated heterocycles. The van der Waals surface area contributed by atoms with Gasteiger partial charge in [0.1, 0.15) is 0 Å². The number of nitrogen functional groups attached to an aromatic ring is 1. The van der Waals surface area contributed by atoms with Gasteiger partial charge in [-0.05, 0) is 19.1 Å². The first-order valence-corrected chi connectivity index (χ1v) is 5.81. The summed E-state index contributed by atoms with van der Waals surface area (Å²) in [6, 6.07) is 6.77. The van der Waals surface area contributed by atoms with Gasteiger partial charge in [0, 0.05) is 5.69 Å². The summed E-state index contributed by atoms with van der Waals surface area (Å²) in [6.45, 7) is 2.04. The molecule has 0 saturated carbocycles. The normalized spacial score (nSPS) is 9.81. The third-order valence-electron chi connectivity index (χ3n) is 1.81. The fourth-order valence-corrected chi connectivity index (χ4v) is 1.76. The largest absolute Gasteiger partial charge is 0.465 e. The summed E-state index contributed by atoms with van der Waals surface area (Å²) in [5.41, 5.74) is 6.48. The summed E-state index contributed by atoms with van der Waals surface area (Å²) in [5.74, 6) is -0.378. The number of carbonyl (C=O) groups excluding carboxylic acids is 2. The molecule has 1 aromatic rings. The van der Waals surface area contributed by atoms with E-state index in [-0.39, 0.29) is 10.9 Å². The van der Waals surface area contributed by atoms with Crippen LogP contribution in [0.4, 0.5) is 5.69 Å². The van der Waals surface area contributed by atoms with Gasteiger partial charge in [-0.3, -0.25) is 9.59 Å². The molecule has 0 fully saturated rings. The number of carbonyl (C=O) groups is 2. The topological polar surface area (TPSA) is 69.4 Å². The summed E-state index contributed by atoms with van der Waals surface area (Å²) < 4.78 is 4.72. The van der Waals surface area contributed by atoms with Crippen molar-refractivity contribution in [2.75, 3.05) is 18.1 Å². The van der Waals surface area contributed by atoms with Gasteiger partial charge in [-0.25, -0.2) is 0 Å². The molecule has 1 aromatic carbocycles. The summed E-state index contributed by atoms with van der Waals surface area (Å²) in [5, 5.41) is -0.217. The zero-order valence-corrected chi connectivity index (χ0v) is 9.75. The second kappa shape index (κ2) is 6.17. The van der Waals surface area contributed by atoms with Crippen molar-refractivity contribution >= 4 is 28.5 Å². The fourth-order valence-electron chi connectivity index (χ4n) is 1.09. The fraction of sp³-hybridized carbons (Fsp3) is 0.273. The Morgan fingerprint density at radius 1 is 1.38 bits per heavy atom. The van der Waals surface area contributed by atoms with E-state index in [1.165, 1.54) is 0 Å². The lowest BCUT2D eigenvalue weighted by Gasteiger charge is -2.03. The van der Waals surface area contributed by atoms with E-state index >= 15 is 0 Å². The summed E-state index contributed by atoms with van der Waals surface area (Å²) in [6.07, 6.45) is 0. The quantitative estimate of drug-likeness (QED) is 0.639. The van der Waals surface area contributed by atoms with Gasteiger partial charge < -0.3 is 10.5 Å². The number of ether oxygens (including phenoxy) is 1. The molecule has 5 heteroatoms. The van der Waals surface area contributed by atoms with Crippen molar-refractivity contribution in [3.63, 3.8) is 0 Å². The molecule has 0 aliphatic rings. The summed E-state index contributed by atoms with van der Waals surface area (Å²) >= 11 is 0.898. The Balaban J connectivity index is 2.54. The molecule has 0 atom stereocenters. The van der Waals surface area contributed by atoms with Crippen LogP contribution in [0.2, 0.25) is 0 Å². The lowest BCUT2D eigenvalue weighted by Crippen LogP contribution is -2.09. The van der Waals surface area contributed by atoms with E-state index in [4.69, 9.17) is 10.5 Å². The van der Waals surface area contributed by atoms with Crippen molar-refractivity contribution < 1.29 is 14.3 Å². The lowest BCUT2D eigenvalue weighted by molar-refractivity contribution is -0.139. The zero-order chi connectivity index (χ0) is 12.0. The average molecular weight is 239 g/mol. The summed E-state index contributed by atoms with van der Waals surface area (Å²) in [7, 11) is 0. The van der Waals surface area contributed by atoms with Gasteiger partial charge in [0.25, 0.3) is 0 Å². The molecule has 0 aliphatic heterocycles. The van der Waals surface area contributed by atoms with Gasteiger partial charge in [0.2, 0.25) is 5.12 Å². The number of hydrogen-bond acceptors (Lipinski definition) is 5. The first-order chi connectivity index (χ1) is 7.65. The zero-order valence-electron chi connectivity index (χ0n) is 8.93. The Hall–Kier alpha value is -1.49. The molecule has 1 rings (SSSR count). The third-order valence-corrected chi connectivity index (χ3v) is 2.67. The minimum Gasteiger partial charge on any atom is -0.465 e. The van der Waals surface area contributed by atoms with Gasteiger partial charge in [-0.15, -0.1) is 0 Å². The van der Waals surface area contributed by atoms with E-state index in [0.717, 1.165) is 11.8 Å². The first kappa shape index (κ1) is 12.6. The van der Waals surface area contributed by atoms with Crippen LogP contribution >= 0.6 is 11.8 Å². The number of nitrogens with two attached hydrogens (primary N) is 1. The molecule has 0 aliphatic carbocycles. The SMILES string of the molecule is CCOC(=O)CSC(=O)c1ccccc1N. The first-order valence-electron chi connectivity index (χ1n) is 4.82. The van der Waals surface area contributed by atoms with Gasteiger partial charge in [0.15, 0.2) is 0 Å². The molecule has 0 amide bonds. The van der Waals surface area contributed by atoms with E-state index in [1.807, 2.05) is 0 Å². The molecule has 0 aromatic heterocycles. The van der Waals surface area contributed by atoms with Crippen LogP contribution in [0.25, 0.3) is 0 Å². The molecule has 16 heavy (non-hydrogen) atoms. The van der Waals surface area contributed by atoms with E-state index < -0.39 is 5.97 Å². The van der Waals surface area contributed by atoms with Crippen LogP contribution in [-0.4, -0.2) is 23.4 Å². The minimum absolute atomic E-state index is 0.0149. The molecule has 0 spiro atoms. The third kappa shape index (κ3) is 3.58. The number of hydrogen-bond donors (Lipinski definition) is 1. The van der Waals surface area contributed by atoms with Crippen molar-refractivity contribution in [2.24, 2.45) is 0 Å². The van der Waals surface area contributed by atoms with E-state index in [2.05, 4.69) is 0 Å².